The van der Waals surface area contributed by atoms with E-state index >= 15 is 0 Å². The third-order valence-corrected chi connectivity index (χ3v) is 6.65. The van der Waals surface area contributed by atoms with E-state index in [0.717, 1.165) is 0 Å². The number of carbonyl (C=O) groups is 2. The summed E-state index contributed by atoms with van der Waals surface area (Å²) in [5, 5.41) is 9.83. The number of methoxy groups -OCH3 is 1. The molecule has 43 heavy (non-hydrogen) atoms. The molecule has 9 nitrogen and oxygen atoms in total. The van der Waals surface area contributed by atoms with E-state index in [1.807, 2.05) is 6.07 Å². The van der Waals surface area contributed by atoms with Crippen LogP contribution in [-0.2, 0) is 20.9 Å². The number of nitrogens with one attached hydrogen (secondary N) is 3. The molecule has 0 unspecified atom stereocenters. The topological polar surface area (TPSA) is 114 Å². The van der Waals surface area contributed by atoms with Crippen LogP contribution in [-0.4, -0.2) is 35.5 Å². The van der Waals surface area contributed by atoms with Gasteiger partial charge in [0.15, 0.2) is 0 Å². The maximum Gasteiger partial charge on any atom is 0.251 e. The van der Waals surface area contributed by atoms with Crippen LogP contribution < -0.4 is 20.7 Å². The summed E-state index contributed by atoms with van der Waals surface area (Å²) in [6.45, 7) is -0.0143. The molecular formula is C32H27ClFN5O4. The molecule has 1 aromatic heterocycles. The van der Waals surface area contributed by atoms with Gasteiger partial charge in [0.25, 0.3) is 5.91 Å². The van der Waals surface area contributed by atoms with Gasteiger partial charge in [-0.15, -0.1) is 0 Å². The number of carbonyl (C=O) groups excluding carboxylic acids is 2. The zero-order chi connectivity index (χ0) is 30.2. The minimum Gasteiger partial charge on any atom is -0.487 e. The number of halogens is 2. The third kappa shape index (κ3) is 7.62. The molecule has 4 aromatic carbocycles. The molecule has 1 heterocycles. The number of anilines is 3. The Morgan fingerprint density at radius 3 is 2.51 bits per heavy atom. The molecule has 11 heteroatoms. The van der Waals surface area contributed by atoms with E-state index in [-0.39, 0.29) is 19.0 Å². The van der Waals surface area contributed by atoms with Gasteiger partial charge in [-0.05, 0) is 59.7 Å². The van der Waals surface area contributed by atoms with Crippen LogP contribution >= 0.6 is 11.6 Å². The number of rotatable bonds is 11. The standard InChI is InChI=1S/C32H27ClFN5O4/c1-42-18-29(40)39-30(21-7-3-2-4-8-21)32(41)38-23-10-12-27-25(15-23)31(36-19-35-27)37-24-11-13-28(26(33)16-24)43-17-20-6-5-9-22(34)14-20/h2-16,19,30H,17-18H2,1H3,(H,38,41)(H,39,40)(H,35,36,37)/t30-/m0/s1. The van der Waals surface area contributed by atoms with E-state index < -0.39 is 17.9 Å². The summed E-state index contributed by atoms with van der Waals surface area (Å²) in [6, 6.07) is 24.5. The normalized spacial score (nSPS) is 11.5. The number of aromatic nitrogens is 2. The number of hydrogen-bond acceptors (Lipinski definition) is 7. The lowest BCUT2D eigenvalue weighted by atomic mass is 10.1. The molecule has 0 aliphatic carbocycles. The zero-order valence-corrected chi connectivity index (χ0v) is 23.8. The summed E-state index contributed by atoms with van der Waals surface area (Å²) in [6.07, 6.45) is 1.43. The molecule has 5 rings (SSSR count). The van der Waals surface area contributed by atoms with Crippen LogP contribution in [0.2, 0.25) is 5.02 Å². The molecule has 0 fully saturated rings. The maximum atomic E-state index is 13.5. The minimum atomic E-state index is -0.937. The van der Waals surface area contributed by atoms with E-state index in [0.29, 0.717) is 50.0 Å². The summed E-state index contributed by atoms with van der Waals surface area (Å²) in [4.78, 5) is 34.3. The molecule has 218 valence electrons. The Morgan fingerprint density at radius 2 is 1.74 bits per heavy atom. The molecule has 3 N–H and O–H groups in total. The molecule has 5 aromatic rings. The van der Waals surface area contributed by atoms with Crippen LogP contribution in [0.25, 0.3) is 10.9 Å². The molecular weight excluding hydrogens is 573 g/mol. The highest BCUT2D eigenvalue weighted by atomic mass is 35.5. The van der Waals surface area contributed by atoms with Crippen molar-refractivity contribution in [2.24, 2.45) is 0 Å². The van der Waals surface area contributed by atoms with Crippen molar-refractivity contribution >= 4 is 51.5 Å². The number of amides is 2. The van der Waals surface area contributed by atoms with Gasteiger partial charge in [-0.25, -0.2) is 14.4 Å². The maximum absolute atomic E-state index is 13.5. The van der Waals surface area contributed by atoms with Crippen molar-refractivity contribution in [3.63, 3.8) is 0 Å². The average molecular weight is 600 g/mol. The highest BCUT2D eigenvalue weighted by molar-refractivity contribution is 6.32. The summed E-state index contributed by atoms with van der Waals surface area (Å²) in [7, 11) is 1.41. The summed E-state index contributed by atoms with van der Waals surface area (Å²) >= 11 is 6.47. The van der Waals surface area contributed by atoms with Crippen molar-refractivity contribution in [2.75, 3.05) is 24.4 Å². The lowest BCUT2D eigenvalue weighted by Crippen LogP contribution is -2.38. The Morgan fingerprint density at radius 1 is 0.930 bits per heavy atom. The lowest BCUT2D eigenvalue weighted by molar-refractivity contribution is -0.129. The first-order chi connectivity index (χ1) is 20.9. The second-order valence-electron chi connectivity index (χ2n) is 9.48. The van der Waals surface area contributed by atoms with Gasteiger partial charge in [0.2, 0.25) is 5.91 Å². The first-order valence-electron chi connectivity index (χ1n) is 13.2. The van der Waals surface area contributed by atoms with E-state index in [2.05, 4.69) is 25.9 Å². The zero-order valence-electron chi connectivity index (χ0n) is 23.0. The largest absolute Gasteiger partial charge is 0.487 e. The quantitative estimate of drug-likeness (QED) is 0.166. The summed E-state index contributed by atoms with van der Waals surface area (Å²) in [5.41, 5.74) is 3.07. The first kappa shape index (κ1) is 29.4. The van der Waals surface area contributed by atoms with Crippen LogP contribution in [0, 0.1) is 5.82 Å². The second kappa shape index (κ2) is 13.7. The Kier molecular flexibility index (Phi) is 9.40. The summed E-state index contributed by atoms with van der Waals surface area (Å²) < 4.78 is 24.1. The fraction of sp³-hybridized carbons (Fsp3) is 0.125. The van der Waals surface area contributed by atoms with E-state index in [9.17, 15) is 14.0 Å². The molecule has 0 saturated carbocycles. The number of ether oxygens (including phenoxy) is 2. The van der Waals surface area contributed by atoms with Crippen LogP contribution in [0.5, 0.6) is 5.75 Å². The fourth-order valence-corrected chi connectivity index (χ4v) is 4.58. The van der Waals surface area contributed by atoms with Gasteiger partial charge in [-0.1, -0.05) is 54.1 Å². The molecule has 1 atom stereocenters. The van der Waals surface area contributed by atoms with Crippen LogP contribution in [0.4, 0.5) is 21.6 Å². The van der Waals surface area contributed by atoms with Crippen LogP contribution in [0.15, 0.2) is 97.3 Å². The second-order valence-corrected chi connectivity index (χ2v) is 9.88. The average Bonchev–Trinajstić information content (AvgIpc) is 3.00. The van der Waals surface area contributed by atoms with Gasteiger partial charge >= 0.3 is 0 Å². The van der Waals surface area contributed by atoms with E-state index in [1.54, 1.807) is 72.8 Å². The molecule has 0 saturated heterocycles. The third-order valence-electron chi connectivity index (χ3n) is 6.36. The van der Waals surface area contributed by atoms with Crippen molar-refractivity contribution in [3.05, 3.63) is 119 Å². The van der Waals surface area contributed by atoms with Gasteiger partial charge < -0.3 is 25.4 Å². The molecule has 0 aliphatic heterocycles. The summed E-state index contributed by atoms with van der Waals surface area (Å²) in [5.74, 6) is -0.259. The van der Waals surface area contributed by atoms with Gasteiger partial charge in [-0.3, -0.25) is 9.59 Å². The fourth-order valence-electron chi connectivity index (χ4n) is 4.35. The molecule has 0 spiro atoms. The van der Waals surface area contributed by atoms with E-state index in [4.69, 9.17) is 21.1 Å². The van der Waals surface area contributed by atoms with Gasteiger partial charge in [-0.2, -0.15) is 0 Å². The molecule has 0 bridgehead atoms. The highest BCUT2D eigenvalue weighted by Crippen LogP contribution is 2.32. The highest BCUT2D eigenvalue weighted by Gasteiger charge is 2.23. The van der Waals surface area contributed by atoms with Crippen LogP contribution in [0.1, 0.15) is 17.2 Å². The predicted octanol–water partition coefficient (Wildman–Crippen LogP) is 6.19. The van der Waals surface area contributed by atoms with E-state index in [1.165, 1.54) is 25.6 Å². The lowest BCUT2D eigenvalue weighted by Gasteiger charge is -2.19. The molecule has 2 amide bonds. The number of benzene rings is 4. The monoisotopic (exact) mass is 599 g/mol. The van der Waals surface area contributed by atoms with Crippen molar-refractivity contribution in [1.29, 1.82) is 0 Å². The minimum absolute atomic E-state index is 0.163. The SMILES string of the molecule is COCC(=O)N[C@H](C(=O)Nc1ccc2ncnc(Nc3ccc(OCc4cccc(F)c4)c(Cl)c3)c2c1)c1ccccc1. The Hall–Kier alpha value is -5.06. The van der Waals surface area contributed by atoms with Gasteiger partial charge in [0.1, 0.15) is 43.0 Å². The number of fused-ring (bicyclic) bond motifs is 1. The van der Waals surface area contributed by atoms with Crippen molar-refractivity contribution < 1.29 is 23.5 Å². The smallest absolute Gasteiger partial charge is 0.251 e. The van der Waals surface area contributed by atoms with Gasteiger partial charge in [0.05, 0.1) is 10.5 Å². The molecule has 0 radical (unpaired) electrons. The van der Waals surface area contributed by atoms with Crippen LogP contribution in [0.3, 0.4) is 0 Å². The first-order valence-corrected chi connectivity index (χ1v) is 13.6. The Labute approximate surface area is 252 Å². The number of nitrogens with zero attached hydrogens (tertiary/aromatic N) is 2. The predicted molar refractivity (Wildman–Crippen MR) is 163 cm³/mol. The Balaban J connectivity index is 1.33. The van der Waals surface area contributed by atoms with Gasteiger partial charge in [0, 0.05) is 23.9 Å². The Bertz CT molecular complexity index is 1760. The van der Waals surface area contributed by atoms with Crippen molar-refractivity contribution in [3.8, 4) is 5.75 Å². The van der Waals surface area contributed by atoms with Crippen molar-refractivity contribution in [1.82, 2.24) is 15.3 Å². The molecule has 0 aliphatic rings. The number of hydrogen-bond donors (Lipinski definition) is 3. The van der Waals surface area contributed by atoms with Crippen molar-refractivity contribution in [2.45, 2.75) is 12.6 Å².